The van der Waals surface area contributed by atoms with E-state index in [9.17, 15) is 14.4 Å². The van der Waals surface area contributed by atoms with Gasteiger partial charge in [-0.05, 0) is 81.4 Å². The van der Waals surface area contributed by atoms with Gasteiger partial charge in [-0.25, -0.2) is 9.59 Å². The number of aromatic nitrogens is 4. The number of benzene rings is 3. The molecule has 2 amide bonds. The molecule has 3 aliphatic heterocycles. The third kappa shape index (κ3) is 6.26. The molecule has 2 aromatic heterocycles. The minimum atomic E-state index is -0.941. The number of piperidine rings is 2. The Labute approximate surface area is 290 Å². The van der Waals surface area contributed by atoms with Gasteiger partial charge in [0, 0.05) is 68.5 Å². The summed E-state index contributed by atoms with van der Waals surface area (Å²) in [7, 11) is 2.18. The molecule has 0 unspecified atom stereocenters. The molecule has 0 radical (unpaired) electrons. The summed E-state index contributed by atoms with van der Waals surface area (Å²) in [6.07, 6.45) is 4.19. The molecule has 2 N–H and O–H groups in total. The van der Waals surface area contributed by atoms with E-state index in [2.05, 4.69) is 32.0 Å². The Morgan fingerprint density at radius 1 is 0.860 bits per heavy atom. The van der Waals surface area contributed by atoms with Gasteiger partial charge in [0.05, 0.1) is 22.7 Å². The number of aryl methyl sites for hydroxylation is 1. The summed E-state index contributed by atoms with van der Waals surface area (Å²) in [5.41, 5.74) is 4.50. The number of carbonyl (C=O) groups excluding carboxylic acids is 2. The summed E-state index contributed by atoms with van der Waals surface area (Å²) >= 11 is 0. The van der Waals surface area contributed by atoms with E-state index in [1.165, 1.54) is 0 Å². The minimum Gasteiger partial charge on any atom is -0.436 e. The Morgan fingerprint density at radius 2 is 1.60 bits per heavy atom. The Hall–Kier alpha value is -4.68. The molecular formula is C38H46N8O4. The van der Waals surface area contributed by atoms with Crippen LogP contribution in [-0.4, -0.2) is 123 Å². The standard InChI is InChI=1S/C38H46N8O4/c1-25-21-26(22-28-24-39-41-34(25)28)23-33(36(47)44-19-17-43(18-20-44)29-9-13-42(2)14-10-29)50-38(49)45-15-11-30(12-16-45)46-32-8-7-27-5-3-4-6-31(27)35(32)40-37(46)48/h3-8,21-22,24,29-30,33H,9-20,23H2,1-2H3,(H,39,41)(H,40,48)/t33-/m1/s1. The number of hydrogen-bond donors (Lipinski definition) is 2. The number of nitrogens with one attached hydrogen (secondary N) is 2. The largest absolute Gasteiger partial charge is 0.436 e. The number of nitrogens with zero attached hydrogens (tertiary/aromatic N) is 6. The van der Waals surface area contributed by atoms with Gasteiger partial charge in [-0.1, -0.05) is 36.4 Å². The SMILES string of the molecule is Cc1cc(C[C@@H](OC(=O)N2CCC(n3c(=O)[nH]c4c5ccccc5ccc43)CC2)C(=O)N2CCN(C3CCN(C)CC3)CC2)cc2cn[nH]c12. The predicted octanol–water partition coefficient (Wildman–Crippen LogP) is 4.29. The lowest BCUT2D eigenvalue weighted by molar-refractivity contribution is -0.143. The summed E-state index contributed by atoms with van der Waals surface area (Å²) in [6, 6.07) is 16.7. The molecule has 8 rings (SSSR count). The molecule has 1 atom stereocenters. The Balaban J connectivity index is 0.961. The molecule has 0 spiro atoms. The summed E-state index contributed by atoms with van der Waals surface area (Å²) in [4.78, 5) is 52.7. The number of H-pyrrole nitrogens is 2. The zero-order valence-electron chi connectivity index (χ0n) is 28.9. The van der Waals surface area contributed by atoms with E-state index < -0.39 is 12.2 Å². The lowest BCUT2D eigenvalue weighted by Gasteiger charge is -2.42. The highest BCUT2D eigenvalue weighted by atomic mass is 16.6. The Bertz CT molecular complexity index is 2080. The van der Waals surface area contributed by atoms with E-state index in [1.807, 2.05) is 64.9 Å². The lowest BCUT2D eigenvalue weighted by Crippen LogP contribution is -2.56. The summed E-state index contributed by atoms with van der Waals surface area (Å²) < 4.78 is 7.99. The summed E-state index contributed by atoms with van der Waals surface area (Å²) in [6.45, 7) is 8.01. The highest BCUT2D eigenvalue weighted by molar-refractivity contribution is 6.04. The van der Waals surface area contributed by atoms with Gasteiger partial charge in [0.1, 0.15) is 0 Å². The van der Waals surface area contributed by atoms with Crippen molar-refractivity contribution < 1.29 is 14.3 Å². The van der Waals surface area contributed by atoms with E-state index in [4.69, 9.17) is 4.74 Å². The van der Waals surface area contributed by atoms with Crippen LogP contribution >= 0.6 is 0 Å². The zero-order valence-corrected chi connectivity index (χ0v) is 28.9. The molecule has 12 heteroatoms. The van der Waals surface area contributed by atoms with E-state index in [0.717, 1.165) is 82.9 Å². The highest BCUT2D eigenvalue weighted by Crippen LogP contribution is 2.29. The molecule has 3 fully saturated rings. The van der Waals surface area contributed by atoms with Crippen LogP contribution in [0.15, 0.2) is 59.5 Å². The summed E-state index contributed by atoms with van der Waals surface area (Å²) in [5.74, 6) is -0.140. The highest BCUT2D eigenvalue weighted by Gasteiger charge is 2.35. The van der Waals surface area contributed by atoms with Crippen molar-refractivity contribution in [3.8, 4) is 0 Å². The van der Waals surface area contributed by atoms with Gasteiger partial charge < -0.3 is 24.4 Å². The van der Waals surface area contributed by atoms with Gasteiger partial charge in [0.2, 0.25) is 0 Å². The molecule has 0 bridgehead atoms. The van der Waals surface area contributed by atoms with Crippen molar-refractivity contribution >= 4 is 44.7 Å². The number of hydrogen-bond acceptors (Lipinski definition) is 7. The van der Waals surface area contributed by atoms with Crippen LogP contribution in [0.1, 0.15) is 42.9 Å². The second-order valence-electron chi connectivity index (χ2n) is 14.4. The van der Waals surface area contributed by atoms with Gasteiger partial charge in [-0.15, -0.1) is 0 Å². The third-order valence-electron chi connectivity index (χ3n) is 11.3. The van der Waals surface area contributed by atoms with Crippen LogP contribution in [0.3, 0.4) is 0 Å². The molecule has 12 nitrogen and oxygen atoms in total. The number of rotatable bonds is 6. The number of aromatic amines is 2. The maximum absolute atomic E-state index is 14.2. The van der Waals surface area contributed by atoms with Crippen LogP contribution in [-0.2, 0) is 16.0 Å². The van der Waals surface area contributed by atoms with Crippen molar-refractivity contribution in [3.05, 3.63) is 76.3 Å². The first kappa shape index (κ1) is 32.5. The van der Waals surface area contributed by atoms with E-state index in [-0.39, 0.29) is 24.1 Å². The smallest absolute Gasteiger partial charge is 0.410 e. The van der Waals surface area contributed by atoms with Crippen molar-refractivity contribution in [3.63, 3.8) is 0 Å². The molecule has 0 saturated carbocycles. The molecule has 0 aliphatic carbocycles. The van der Waals surface area contributed by atoms with Gasteiger partial charge in [-0.2, -0.15) is 5.10 Å². The molecule has 3 saturated heterocycles. The van der Waals surface area contributed by atoms with Crippen molar-refractivity contribution in [1.29, 1.82) is 0 Å². The van der Waals surface area contributed by atoms with Crippen LogP contribution in [0.2, 0.25) is 0 Å². The maximum Gasteiger partial charge on any atom is 0.410 e. The quantitative estimate of drug-likeness (QED) is 0.275. The fourth-order valence-corrected chi connectivity index (χ4v) is 8.43. The van der Waals surface area contributed by atoms with Crippen LogP contribution in [0.5, 0.6) is 0 Å². The fraction of sp³-hybridized carbons (Fsp3) is 0.474. The molecule has 3 aliphatic rings. The Kier molecular flexibility index (Phi) is 8.82. The molecule has 262 valence electrons. The number of ether oxygens (including phenoxy) is 1. The second kappa shape index (κ2) is 13.6. The number of imidazole rings is 1. The fourth-order valence-electron chi connectivity index (χ4n) is 8.43. The van der Waals surface area contributed by atoms with Crippen molar-refractivity contribution in [2.45, 2.75) is 57.2 Å². The van der Waals surface area contributed by atoms with Gasteiger partial charge >= 0.3 is 11.8 Å². The molecular weight excluding hydrogens is 632 g/mol. The van der Waals surface area contributed by atoms with Crippen LogP contribution in [0.25, 0.3) is 32.7 Å². The van der Waals surface area contributed by atoms with Gasteiger partial charge in [-0.3, -0.25) is 19.4 Å². The van der Waals surface area contributed by atoms with E-state index >= 15 is 0 Å². The number of carbonyl (C=O) groups is 2. The first-order chi connectivity index (χ1) is 24.3. The average Bonchev–Trinajstić information content (AvgIpc) is 3.76. The topological polar surface area (TPSA) is 123 Å². The monoisotopic (exact) mass is 678 g/mol. The van der Waals surface area contributed by atoms with Crippen molar-refractivity contribution in [1.82, 2.24) is 39.3 Å². The van der Waals surface area contributed by atoms with Crippen molar-refractivity contribution in [2.75, 3.05) is 59.4 Å². The van der Waals surface area contributed by atoms with Crippen LogP contribution in [0, 0.1) is 6.92 Å². The minimum absolute atomic E-state index is 0.0515. The van der Waals surface area contributed by atoms with Gasteiger partial charge in [0.15, 0.2) is 6.10 Å². The Morgan fingerprint density at radius 3 is 2.38 bits per heavy atom. The third-order valence-corrected chi connectivity index (χ3v) is 11.3. The second-order valence-corrected chi connectivity index (χ2v) is 14.4. The predicted molar refractivity (Wildman–Crippen MR) is 193 cm³/mol. The lowest BCUT2D eigenvalue weighted by atomic mass is 10.0. The average molecular weight is 679 g/mol. The normalized spacial score (nSPS) is 19.5. The molecule has 50 heavy (non-hydrogen) atoms. The van der Waals surface area contributed by atoms with Gasteiger partial charge in [0.25, 0.3) is 5.91 Å². The number of fused-ring (bicyclic) bond motifs is 4. The first-order valence-corrected chi connectivity index (χ1v) is 18.0. The molecule has 5 heterocycles. The van der Waals surface area contributed by atoms with Crippen LogP contribution < -0.4 is 5.69 Å². The van der Waals surface area contributed by atoms with Crippen molar-refractivity contribution in [2.24, 2.45) is 0 Å². The first-order valence-electron chi connectivity index (χ1n) is 18.0. The van der Waals surface area contributed by atoms with Crippen LogP contribution in [0.4, 0.5) is 4.79 Å². The number of likely N-dealkylation sites (tertiary alicyclic amines) is 2. The van der Waals surface area contributed by atoms with E-state index in [0.29, 0.717) is 45.1 Å². The number of piperazine rings is 1. The maximum atomic E-state index is 14.2. The zero-order chi connectivity index (χ0) is 34.4. The molecule has 5 aromatic rings. The van der Waals surface area contributed by atoms with E-state index in [1.54, 1.807) is 11.1 Å². The molecule has 3 aromatic carbocycles. The summed E-state index contributed by atoms with van der Waals surface area (Å²) in [5, 5.41) is 10.3. The number of amides is 2.